The molecule has 0 saturated heterocycles. The lowest BCUT2D eigenvalue weighted by molar-refractivity contribution is 0.264. The Morgan fingerprint density at radius 1 is 1.00 bits per heavy atom. The summed E-state index contributed by atoms with van der Waals surface area (Å²) in [5, 5.41) is 3.50. The smallest absolute Gasteiger partial charge is 0.240 e. The largest absolute Gasteiger partial charge is 0.314 e. The Kier molecular flexibility index (Phi) is 6.41. The van der Waals surface area contributed by atoms with E-state index in [0.717, 1.165) is 25.3 Å². The molecule has 1 aromatic rings. The van der Waals surface area contributed by atoms with Crippen LogP contribution in [0.4, 0.5) is 0 Å². The lowest BCUT2D eigenvalue weighted by atomic mass is 9.82. The minimum absolute atomic E-state index is 0.352. The van der Waals surface area contributed by atoms with Gasteiger partial charge in [-0.1, -0.05) is 32.0 Å². The molecule has 4 nitrogen and oxygen atoms in total. The fourth-order valence-corrected chi connectivity index (χ4v) is 4.09. The summed E-state index contributed by atoms with van der Waals surface area (Å²) in [7, 11) is -3.36. The SMILES string of the molecule is CC(C)NCC1CCC(CNS(=O)(=O)c2ccccc2)CC1. The van der Waals surface area contributed by atoms with Crippen molar-refractivity contribution in [2.24, 2.45) is 11.8 Å². The van der Waals surface area contributed by atoms with Crippen LogP contribution in [0.15, 0.2) is 35.2 Å². The van der Waals surface area contributed by atoms with Crippen LogP contribution in [-0.4, -0.2) is 27.5 Å². The van der Waals surface area contributed by atoms with Crippen molar-refractivity contribution in [2.75, 3.05) is 13.1 Å². The topological polar surface area (TPSA) is 58.2 Å². The Balaban J connectivity index is 1.75. The Labute approximate surface area is 134 Å². The third-order valence-electron chi connectivity index (χ3n) is 4.40. The van der Waals surface area contributed by atoms with Gasteiger partial charge in [0.2, 0.25) is 10.0 Å². The van der Waals surface area contributed by atoms with Crippen molar-refractivity contribution in [2.45, 2.75) is 50.5 Å². The Bertz CT molecular complexity index is 535. The van der Waals surface area contributed by atoms with Crippen LogP contribution in [-0.2, 0) is 10.0 Å². The van der Waals surface area contributed by atoms with E-state index in [0.29, 0.717) is 23.4 Å². The van der Waals surface area contributed by atoms with Crippen LogP contribution in [0.25, 0.3) is 0 Å². The maximum atomic E-state index is 12.2. The summed E-state index contributed by atoms with van der Waals surface area (Å²) >= 11 is 0. The Hall–Kier alpha value is -0.910. The monoisotopic (exact) mass is 324 g/mol. The molecule has 0 heterocycles. The molecule has 0 aliphatic heterocycles. The van der Waals surface area contributed by atoms with Crippen molar-refractivity contribution in [3.05, 3.63) is 30.3 Å². The van der Waals surface area contributed by atoms with Crippen LogP contribution in [0.1, 0.15) is 39.5 Å². The van der Waals surface area contributed by atoms with Crippen molar-refractivity contribution in [1.82, 2.24) is 10.0 Å². The number of rotatable bonds is 7. The van der Waals surface area contributed by atoms with E-state index in [4.69, 9.17) is 0 Å². The van der Waals surface area contributed by atoms with Gasteiger partial charge in [-0.15, -0.1) is 0 Å². The van der Waals surface area contributed by atoms with E-state index in [1.165, 1.54) is 12.8 Å². The summed E-state index contributed by atoms with van der Waals surface area (Å²) in [6.45, 7) is 5.98. The first-order valence-corrected chi connectivity index (χ1v) is 9.74. The van der Waals surface area contributed by atoms with Crippen molar-refractivity contribution in [3.8, 4) is 0 Å². The molecule has 5 heteroatoms. The van der Waals surface area contributed by atoms with Gasteiger partial charge in [0.1, 0.15) is 0 Å². The Morgan fingerprint density at radius 3 is 2.09 bits per heavy atom. The quantitative estimate of drug-likeness (QED) is 0.811. The van der Waals surface area contributed by atoms with E-state index in [1.807, 2.05) is 6.07 Å². The van der Waals surface area contributed by atoms with Crippen molar-refractivity contribution < 1.29 is 8.42 Å². The maximum absolute atomic E-state index is 12.2. The van der Waals surface area contributed by atoms with Crippen LogP contribution in [0.2, 0.25) is 0 Å². The van der Waals surface area contributed by atoms with Crippen molar-refractivity contribution >= 4 is 10.0 Å². The molecule has 2 rings (SSSR count). The summed E-state index contributed by atoms with van der Waals surface area (Å²) in [4.78, 5) is 0.352. The minimum Gasteiger partial charge on any atom is -0.314 e. The molecule has 2 N–H and O–H groups in total. The standard InChI is InChI=1S/C17H28N2O2S/c1-14(2)18-12-15-8-10-16(11-9-15)13-19-22(20,21)17-6-4-3-5-7-17/h3-7,14-16,18-19H,8-13H2,1-2H3. The Morgan fingerprint density at radius 2 is 1.55 bits per heavy atom. The summed E-state index contributed by atoms with van der Waals surface area (Å²) < 4.78 is 27.2. The molecule has 0 atom stereocenters. The molecule has 124 valence electrons. The first kappa shape index (κ1) is 17.4. The van der Waals surface area contributed by atoms with Crippen molar-refractivity contribution in [3.63, 3.8) is 0 Å². The lowest BCUT2D eigenvalue weighted by Gasteiger charge is -2.29. The average molecular weight is 324 g/mol. The molecular weight excluding hydrogens is 296 g/mol. The second-order valence-corrected chi connectivity index (χ2v) is 8.38. The van der Waals surface area contributed by atoms with Gasteiger partial charge in [0.15, 0.2) is 0 Å². The lowest BCUT2D eigenvalue weighted by Crippen LogP contribution is -2.34. The second kappa shape index (κ2) is 8.09. The molecule has 1 fully saturated rings. The predicted octanol–water partition coefficient (Wildman–Crippen LogP) is 2.77. The number of benzene rings is 1. The van der Waals surface area contributed by atoms with E-state index in [9.17, 15) is 8.42 Å². The molecular formula is C17H28N2O2S. The normalized spacial score (nSPS) is 22.9. The van der Waals surface area contributed by atoms with Crippen LogP contribution < -0.4 is 10.0 Å². The average Bonchev–Trinajstić information content (AvgIpc) is 2.53. The molecule has 0 unspecified atom stereocenters. The third-order valence-corrected chi connectivity index (χ3v) is 5.84. The zero-order valence-electron chi connectivity index (χ0n) is 13.6. The van der Waals surface area contributed by atoms with Gasteiger partial charge in [0.05, 0.1) is 4.90 Å². The molecule has 1 aliphatic carbocycles. The van der Waals surface area contributed by atoms with E-state index < -0.39 is 10.0 Å². The molecule has 0 bridgehead atoms. The molecule has 22 heavy (non-hydrogen) atoms. The highest BCUT2D eigenvalue weighted by molar-refractivity contribution is 7.89. The first-order valence-electron chi connectivity index (χ1n) is 8.25. The van der Waals surface area contributed by atoms with Crippen LogP contribution in [0.5, 0.6) is 0 Å². The zero-order valence-corrected chi connectivity index (χ0v) is 14.4. The van der Waals surface area contributed by atoms with Crippen molar-refractivity contribution in [1.29, 1.82) is 0 Å². The van der Waals surface area contributed by atoms with Gasteiger partial charge < -0.3 is 5.32 Å². The van der Waals surface area contributed by atoms with Gasteiger partial charge in [-0.05, 0) is 56.2 Å². The highest BCUT2D eigenvalue weighted by atomic mass is 32.2. The predicted molar refractivity (Wildman–Crippen MR) is 90.2 cm³/mol. The van der Waals surface area contributed by atoms with Gasteiger partial charge in [-0.2, -0.15) is 0 Å². The van der Waals surface area contributed by atoms with Gasteiger partial charge >= 0.3 is 0 Å². The zero-order chi connectivity index (χ0) is 16.0. The molecule has 1 aromatic carbocycles. The van der Waals surface area contributed by atoms with Gasteiger partial charge in [0.25, 0.3) is 0 Å². The highest BCUT2D eigenvalue weighted by Gasteiger charge is 2.23. The second-order valence-electron chi connectivity index (χ2n) is 6.61. The van der Waals surface area contributed by atoms with Crippen LogP contribution in [0.3, 0.4) is 0 Å². The van der Waals surface area contributed by atoms with Gasteiger partial charge in [-0.3, -0.25) is 0 Å². The highest BCUT2D eigenvalue weighted by Crippen LogP contribution is 2.28. The van der Waals surface area contributed by atoms with Gasteiger partial charge in [0, 0.05) is 12.6 Å². The molecule has 1 aliphatic rings. The van der Waals surface area contributed by atoms with E-state index in [-0.39, 0.29) is 0 Å². The fourth-order valence-electron chi connectivity index (χ4n) is 2.95. The van der Waals surface area contributed by atoms with Crippen LogP contribution >= 0.6 is 0 Å². The molecule has 1 saturated carbocycles. The maximum Gasteiger partial charge on any atom is 0.240 e. The number of hydrogen-bond acceptors (Lipinski definition) is 3. The molecule has 0 radical (unpaired) electrons. The summed E-state index contributed by atoms with van der Waals surface area (Å²) in [5.41, 5.74) is 0. The molecule has 0 aromatic heterocycles. The summed E-state index contributed by atoms with van der Waals surface area (Å²) in [6, 6.07) is 9.14. The third kappa shape index (κ3) is 5.38. The first-order chi connectivity index (χ1) is 10.5. The van der Waals surface area contributed by atoms with E-state index >= 15 is 0 Å². The van der Waals surface area contributed by atoms with E-state index in [1.54, 1.807) is 24.3 Å². The number of nitrogens with one attached hydrogen (secondary N) is 2. The summed E-state index contributed by atoms with van der Waals surface area (Å²) in [5.74, 6) is 1.21. The summed E-state index contributed by atoms with van der Waals surface area (Å²) in [6.07, 6.45) is 4.61. The molecule has 0 spiro atoms. The number of hydrogen-bond donors (Lipinski definition) is 2. The van der Waals surface area contributed by atoms with E-state index in [2.05, 4.69) is 23.9 Å². The minimum atomic E-state index is -3.36. The van der Waals surface area contributed by atoms with Gasteiger partial charge in [-0.25, -0.2) is 13.1 Å². The molecule has 0 amide bonds. The fraction of sp³-hybridized carbons (Fsp3) is 0.647. The van der Waals surface area contributed by atoms with Crippen LogP contribution in [0, 0.1) is 11.8 Å². The number of sulfonamides is 1.